The number of nitrogens with zero attached hydrogens (tertiary/aromatic N) is 1. The minimum absolute atomic E-state index is 0.136. The van der Waals surface area contributed by atoms with E-state index in [1.54, 1.807) is 7.11 Å². The number of carbonyl (C=O) groups is 2. The molecule has 1 aliphatic carbocycles. The van der Waals surface area contributed by atoms with Gasteiger partial charge in [0.2, 0.25) is 11.8 Å². The van der Waals surface area contributed by atoms with Crippen LogP contribution in [0.3, 0.4) is 0 Å². The number of fused-ring (bicyclic) bond motifs is 3. The third kappa shape index (κ3) is 5.82. The van der Waals surface area contributed by atoms with Gasteiger partial charge in [0.05, 0.1) is 40.9 Å². The molecule has 43 heavy (non-hydrogen) atoms. The van der Waals surface area contributed by atoms with E-state index in [0.717, 1.165) is 44.4 Å². The van der Waals surface area contributed by atoms with Gasteiger partial charge in [0, 0.05) is 5.92 Å². The largest absolute Gasteiger partial charge is 0.504 e. The number of phenols is 1. The lowest BCUT2D eigenvalue weighted by molar-refractivity contribution is -0.122. The molecule has 8 heteroatoms. The van der Waals surface area contributed by atoms with Crippen molar-refractivity contribution in [3.8, 4) is 17.2 Å². The van der Waals surface area contributed by atoms with Crippen molar-refractivity contribution in [2.45, 2.75) is 32.3 Å². The lowest BCUT2D eigenvalue weighted by Gasteiger charge is -2.31. The van der Waals surface area contributed by atoms with Crippen molar-refractivity contribution >= 4 is 46.2 Å². The third-order valence-electron chi connectivity index (χ3n) is 8.66. The molecule has 0 saturated carbocycles. The Balaban J connectivity index is 1.26. The summed E-state index contributed by atoms with van der Waals surface area (Å²) in [7, 11) is 1.54. The molecule has 222 valence electrons. The van der Waals surface area contributed by atoms with E-state index in [1.807, 2.05) is 72.8 Å². The van der Waals surface area contributed by atoms with Gasteiger partial charge in [-0.3, -0.25) is 14.5 Å². The maximum absolute atomic E-state index is 13.8. The van der Waals surface area contributed by atoms with Crippen molar-refractivity contribution < 1.29 is 28.9 Å². The van der Waals surface area contributed by atoms with E-state index in [-0.39, 0.29) is 29.6 Å². The van der Waals surface area contributed by atoms with E-state index >= 15 is 0 Å². The number of hydrogen-bond donors (Lipinski definition) is 1. The first kappa shape index (κ1) is 29.4. The molecule has 0 radical (unpaired) electrons. The summed E-state index contributed by atoms with van der Waals surface area (Å²) in [6, 6.07) is 22.6. The summed E-state index contributed by atoms with van der Waals surface area (Å²) in [5.74, 6) is 0.0579. The number of phenolic OH excluding ortho intramolecular Hbond substituents is 1. The van der Waals surface area contributed by atoms with Gasteiger partial charge < -0.3 is 19.3 Å². The van der Waals surface area contributed by atoms with Crippen molar-refractivity contribution in [3.63, 3.8) is 0 Å². The summed E-state index contributed by atoms with van der Waals surface area (Å²) < 4.78 is 18.7. The molecule has 2 fully saturated rings. The van der Waals surface area contributed by atoms with Crippen molar-refractivity contribution in [2.75, 3.05) is 25.2 Å². The van der Waals surface area contributed by atoms with Gasteiger partial charge in [0.15, 0.2) is 11.5 Å². The molecule has 6 rings (SSSR count). The van der Waals surface area contributed by atoms with Gasteiger partial charge in [-0.05, 0) is 102 Å². The second kappa shape index (κ2) is 12.5. The number of allylic oxidation sites excluding steroid dienone is 1. The molecule has 2 saturated heterocycles. The van der Waals surface area contributed by atoms with E-state index in [9.17, 15) is 14.7 Å². The SMILES string of the molecule is COc1cc(/C=C(\C)CC[C@H]2OC[C@H]3C2=C(COc2ccccc2)C[C@H]2C(=O)N(c4ccccc4)C(=O)[C@H]23)cc(I)c1O. The van der Waals surface area contributed by atoms with Crippen LogP contribution in [0.1, 0.15) is 31.7 Å². The summed E-state index contributed by atoms with van der Waals surface area (Å²) in [5, 5.41) is 10.2. The van der Waals surface area contributed by atoms with Crippen LogP contribution in [0.5, 0.6) is 17.2 Å². The van der Waals surface area contributed by atoms with Crippen molar-refractivity contribution in [1.29, 1.82) is 0 Å². The first-order chi connectivity index (χ1) is 20.9. The fraction of sp³-hybridized carbons (Fsp3) is 0.314. The Hall–Kier alpha value is -3.63. The predicted molar refractivity (Wildman–Crippen MR) is 173 cm³/mol. The number of ether oxygens (including phenoxy) is 3. The first-order valence-corrected chi connectivity index (χ1v) is 15.6. The minimum atomic E-state index is -0.434. The van der Waals surface area contributed by atoms with E-state index in [0.29, 0.717) is 31.1 Å². The number of aromatic hydroxyl groups is 1. The van der Waals surface area contributed by atoms with Crippen LogP contribution in [0, 0.1) is 21.3 Å². The van der Waals surface area contributed by atoms with Gasteiger partial charge in [0.1, 0.15) is 12.4 Å². The number of para-hydroxylation sites is 2. The zero-order valence-electron chi connectivity index (χ0n) is 24.2. The number of amides is 2. The van der Waals surface area contributed by atoms with E-state index in [4.69, 9.17) is 14.2 Å². The molecule has 2 heterocycles. The standard InChI is InChI=1S/C35H34INO6/c1-21(15-22-16-28(36)33(38)30(17-22)41-2)13-14-29-31-23(19-42-25-11-7-4-8-12-25)18-26-32(27(31)20-43-29)35(40)37(34(26)39)24-9-5-3-6-10-24/h3-12,15-17,26-27,29,32,38H,13-14,18-20H2,1-2H3/b21-15+/t26-,27+,29-,32-/m1/s1. The third-order valence-corrected chi connectivity index (χ3v) is 9.49. The highest BCUT2D eigenvalue weighted by molar-refractivity contribution is 14.1. The van der Waals surface area contributed by atoms with Crippen LogP contribution in [-0.4, -0.2) is 43.3 Å². The number of carbonyl (C=O) groups excluding carboxylic acids is 2. The highest BCUT2D eigenvalue weighted by Gasteiger charge is 2.57. The predicted octanol–water partition coefficient (Wildman–Crippen LogP) is 6.79. The van der Waals surface area contributed by atoms with Gasteiger partial charge >= 0.3 is 0 Å². The van der Waals surface area contributed by atoms with Crippen LogP contribution in [0.4, 0.5) is 5.69 Å². The van der Waals surface area contributed by atoms with Crippen LogP contribution in [0.2, 0.25) is 0 Å². The van der Waals surface area contributed by atoms with Crippen LogP contribution in [0.15, 0.2) is 89.5 Å². The second-order valence-electron chi connectivity index (χ2n) is 11.4. The number of hydrogen-bond acceptors (Lipinski definition) is 6. The van der Waals surface area contributed by atoms with Gasteiger partial charge in [-0.1, -0.05) is 48.0 Å². The van der Waals surface area contributed by atoms with Crippen LogP contribution in [0.25, 0.3) is 6.08 Å². The fourth-order valence-corrected chi connectivity index (χ4v) is 7.30. The van der Waals surface area contributed by atoms with Gasteiger partial charge in [-0.15, -0.1) is 0 Å². The molecule has 0 bridgehead atoms. The Bertz CT molecular complexity index is 1580. The Morgan fingerprint density at radius 1 is 1.05 bits per heavy atom. The summed E-state index contributed by atoms with van der Waals surface area (Å²) in [4.78, 5) is 28.9. The number of benzene rings is 3. The molecule has 3 aromatic rings. The number of imide groups is 1. The lowest BCUT2D eigenvalue weighted by atomic mass is 9.69. The van der Waals surface area contributed by atoms with Crippen LogP contribution >= 0.6 is 22.6 Å². The van der Waals surface area contributed by atoms with Crippen molar-refractivity contribution in [3.05, 3.63) is 98.6 Å². The molecule has 2 aliphatic heterocycles. The Labute approximate surface area is 265 Å². The molecular weight excluding hydrogens is 657 g/mol. The summed E-state index contributed by atoms with van der Waals surface area (Å²) in [6.07, 6.45) is 3.95. The Kier molecular flexibility index (Phi) is 8.59. The fourth-order valence-electron chi connectivity index (χ4n) is 6.67. The van der Waals surface area contributed by atoms with Crippen LogP contribution < -0.4 is 14.4 Å². The van der Waals surface area contributed by atoms with Gasteiger partial charge in [-0.2, -0.15) is 0 Å². The Morgan fingerprint density at radius 3 is 2.49 bits per heavy atom. The smallest absolute Gasteiger partial charge is 0.238 e. The number of methoxy groups -OCH3 is 1. The second-order valence-corrected chi connectivity index (χ2v) is 12.5. The highest BCUT2D eigenvalue weighted by Crippen LogP contribution is 2.50. The molecule has 3 aliphatic rings. The minimum Gasteiger partial charge on any atom is -0.504 e. The highest BCUT2D eigenvalue weighted by atomic mass is 127. The molecule has 4 atom stereocenters. The molecule has 2 amide bonds. The molecular formula is C35H34INO6. The average Bonchev–Trinajstić information content (AvgIpc) is 3.55. The summed E-state index contributed by atoms with van der Waals surface area (Å²) in [6.45, 7) is 2.85. The quantitative estimate of drug-likeness (QED) is 0.151. The van der Waals surface area contributed by atoms with Gasteiger partial charge in [-0.25, -0.2) is 0 Å². The van der Waals surface area contributed by atoms with E-state index in [2.05, 4.69) is 35.6 Å². The number of rotatable bonds is 9. The molecule has 0 spiro atoms. The summed E-state index contributed by atoms with van der Waals surface area (Å²) >= 11 is 2.10. The van der Waals surface area contributed by atoms with Gasteiger partial charge in [0.25, 0.3) is 0 Å². The molecule has 0 aromatic heterocycles. The van der Waals surface area contributed by atoms with E-state index < -0.39 is 11.8 Å². The number of anilines is 1. The zero-order chi connectivity index (χ0) is 30.1. The monoisotopic (exact) mass is 691 g/mol. The van der Waals surface area contributed by atoms with Crippen molar-refractivity contribution in [2.24, 2.45) is 17.8 Å². The maximum atomic E-state index is 13.8. The average molecular weight is 692 g/mol. The topological polar surface area (TPSA) is 85.3 Å². The number of halogens is 1. The van der Waals surface area contributed by atoms with E-state index in [1.165, 1.54) is 4.90 Å². The normalized spacial score (nSPS) is 23.4. The summed E-state index contributed by atoms with van der Waals surface area (Å²) in [5.41, 5.74) is 4.92. The van der Waals surface area contributed by atoms with Crippen LogP contribution in [-0.2, 0) is 14.3 Å². The molecule has 7 nitrogen and oxygen atoms in total. The molecule has 0 unspecified atom stereocenters. The Morgan fingerprint density at radius 2 is 1.77 bits per heavy atom. The first-order valence-electron chi connectivity index (χ1n) is 14.5. The maximum Gasteiger partial charge on any atom is 0.238 e. The van der Waals surface area contributed by atoms with Crippen molar-refractivity contribution in [1.82, 2.24) is 0 Å². The molecule has 1 N–H and O–H groups in total. The lowest BCUT2D eigenvalue weighted by Crippen LogP contribution is -2.35. The molecule has 3 aromatic carbocycles. The zero-order valence-corrected chi connectivity index (χ0v) is 26.3.